The van der Waals surface area contributed by atoms with Gasteiger partial charge in [-0.1, -0.05) is 84.1 Å². The van der Waals surface area contributed by atoms with Gasteiger partial charge in [0.1, 0.15) is 8.07 Å². The van der Waals surface area contributed by atoms with E-state index >= 15 is 0 Å². The molecule has 0 bridgehead atoms. The van der Waals surface area contributed by atoms with Crippen LogP contribution in [0.2, 0.25) is 13.1 Å². The fraction of sp³-hybridized carbons (Fsp3) is 0.125. The Hall–Kier alpha value is -3.82. The van der Waals surface area contributed by atoms with Crippen molar-refractivity contribution < 1.29 is 0 Å². The van der Waals surface area contributed by atoms with E-state index in [1.54, 1.807) is 0 Å². The largest absolute Gasteiger partial charge is 0.315 e. The highest BCUT2D eigenvalue weighted by molar-refractivity contribution is 7.00. The summed E-state index contributed by atoms with van der Waals surface area (Å²) in [6, 6.07) is 27.9. The molecule has 0 saturated carbocycles. The van der Waals surface area contributed by atoms with Crippen molar-refractivity contribution in [1.82, 2.24) is 8.80 Å². The molecule has 0 fully saturated rings. The first-order valence-electron chi connectivity index (χ1n) is 12.5. The molecule has 168 valence electrons. The molecule has 4 aromatic heterocycles. The van der Waals surface area contributed by atoms with Crippen molar-refractivity contribution >= 4 is 72.8 Å². The summed E-state index contributed by atoms with van der Waals surface area (Å²) in [5, 5.41) is 11.2. The number of aromatic nitrogens is 2. The van der Waals surface area contributed by atoms with E-state index in [1.165, 1.54) is 75.9 Å². The molecule has 0 aliphatic rings. The number of hydrogen-bond acceptors (Lipinski definition) is 0. The zero-order chi connectivity index (χ0) is 23.6. The van der Waals surface area contributed by atoms with Crippen LogP contribution in [-0.2, 0) is 0 Å². The topological polar surface area (TPSA) is 8.82 Å². The molecule has 35 heavy (non-hydrogen) atoms. The molecule has 2 nitrogen and oxygen atoms in total. The van der Waals surface area contributed by atoms with Crippen LogP contribution >= 0.6 is 0 Å². The fourth-order valence-electron chi connectivity index (χ4n) is 6.58. The molecular weight excluding hydrogens is 440 g/mol. The Bertz CT molecular complexity index is 1950. The van der Waals surface area contributed by atoms with Gasteiger partial charge in [-0.3, -0.25) is 0 Å². The maximum absolute atomic E-state index is 2.50. The zero-order valence-electron chi connectivity index (χ0n) is 20.5. The molecular formula is C32H26N2Si. The predicted octanol–water partition coefficient (Wildman–Crippen LogP) is 7.12. The second kappa shape index (κ2) is 6.24. The van der Waals surface area contributed by atoms with Gasteiger partial charge in [-0.25, -0.2) is 0 Å². The van der Waals surface area contributed by atoms with Crippen LogP contribution in [0.15, 0.2) is 85.2 Å². The van der Waals surface area contributed by atoms with E-state index in [-0.39, 0.29) is 0 Å². The summed E-state index contributed by atoms with van der Waals surface area (Å²) >= 11 is 0. The standard InChI is InChI=1S/C32H26N2Si/c1-19-17-33-29-13-11-21(15-27(29)25-9-5-7-23(19)31(25)33)35(3,4)22-12-14-30-28(16-22)26-10-6-8-24-20(2)18-34(30)32(24)26/h5-18H,1-4H3. The molecule has 3 heteroatoms. The van der Waals surface area contributed by atoms with Crippen LogP contribution in [0, 0.1) is 13.8 Å². The van der Waals surface area contributed by atoms with Crippen molar-refractivity contribution in [2.45, 2.75) is 26.9 Å². The fourth-order valence-corrected chi connectivity index (χ4v) is 8.92. The summed E-state index contributed by atoms with van der Waals surface area (Å²) < 4.78 is 4.78. The van der Waals surface area contributed by atoms with Crippen LogP contribution in [0.3, 0.4) is 0 Å². The molecule has 0 unspecified atom stereocenters. The summed E-state index contributed by atoms with van der Waals surface area (Å²) in [4.78, 5) is 0. The molecule has 0 atom stereocenters. The van der Waals surface area contributed by atoms with E-state index in [1.807, 2.05) is 0 Å². The minimum Gasteiger partial charge on any atom is -0.315 e. The number of hydrogen-bond donors (Lipinski definition) is 0. The highest BCUT2D eigenvalue weighted by atomic mass is 28.3. The van der Waals surface area contributed by atoms with E-state index in [0.29, 0.717) is 0 Å². The summed E-state index contributed by atoms with van der Waals surface area (Å²) in [5.74, 6) is 0. The lowest BCUT2D eigenvalue weighted by atomic mass is 10.1. The molecule has 8 aromatic rings. The van der Waals surface area contributed by atoms with Crippen molar-refractivity contribution in [3.63, 3.8) is 0 Å². The monoisotopic (exact) mass is 466 g/mol. The van der Waals surface area contributed by atoms with Gasteiger partial charge in [0.25, 0.3) is 0 Å². The maximum Gasteiger partial charge on any atom is 0.112 e. The molecule has 0 amide bonds. The Kier molecular flexibility index (Phi) is 3.47. The third-order valence-corrected chi connectivity index (χ3v) is 12.1. The summed E-state index contributed by atoms with van der Waals surface area (Å²) in [7, 11) is -1.91. The van der Waals surface area contributed by atoms with Crippen LogP contribution in [0.25, 0.3) is 54.4 Å². The number of para-hydroxylation sites is 2. The highest BCUT2D eigenvalue weighted by Gasteiger charge is 2.28. The first-order chi connectivity index (χ1) is 16.9. The Labute approximate surface area is 204 Å². The van der Waals surface area contributed by atoms with Gasteiger partial charge in [0.05, 0.1) is 22.1 Å². The smallest absolute Gasteiger partial charge is 0.112 e. The Morgan fingerprint density at radius 3 is 1.40 bits per heavy atom. The third kappa shape index (κ3) is 2.29. The summed E-state index contributed by atoms with van der Waals surface area (Å²) in [6.45, 7) is 9.42. The molecule has 0 spiro atoms. The summed E-state index contributed by atoms with van der Waals surface area (Å²) in [5.41, 5.74) is 8.04. The van der Waals surface area contributed by atoms with Crippen molar-refractivity contribution in [3.8, 4) is 0 Å². The minimum atomic E-state index is -1.91. The second-order valence-electron chi connectivity index (χ2n) is 10.9. The van der Waals surface area contributed by atoms with E-state index in [4.69, 9.17) is 0 Å². The van der Waals surface area contributed by atoms with Gasteiger partial charge in [0.15, 0.2) is 0 Å². The first-order valence-corrected chi connectivity index (χ1v) is 15.5. The molecule has 8 rings (SSSR count). The first kappa shape index (κ1) is 19.5. The quantitative estimate of drug-likeness (QED) is 0.240. The zero-order valence-corrected chi connectivity index (χ0v) is 21.5. The van der Waals surface area contributed by atoms with Gasteiger partial charge >= 0.3 is 0 Å². The lowest BCUT2D eigenvalue weighted by Crippen LogP contribution is -2.52. The average Bonchev–Trinajstić information content (AvgIpc) is 3.58. The van der Waals surface area contributed by atoms with Gasteiger partial charge in [-0.15, -0.1) is 0 Å². The summed E-state index contributed by atoms with van der Waals surface area (Å²) in [6.07, 6.45) is 4.58. The van der Waals surface area contributed by atoms with E-state index in [2.05, 4.69) is 121 Å². The van der Waals surface area contributed by atoms with E-state index in [9.17, 15) is 0 Å². The second-order valence-corrected chi connectivity index (χ2v) is 15.3. The van der Waals surface area contributed by atoms with Crippen LogP contribution < -0.4 is 10.4 Å². The predicted molar refractivity (Wildman–Crippen MR) is 153 cm³/mol. The van der Waals surface area contributed by atoms with Gasteiger partial charge in [0.2, 0.25) is 0 Å². The van der Waals surface area contributed by atoms with Crippen LogP contribution in [-0.4, -0.2) is 16.9 Å². The van der Waals surface area contributed by atoms with E-state index in [0.717, 1.165) is 0 Å². The lowest BCUT2D eigenvalue weighted by molar-refractivity contribution is 1.28. The number of aryl methyl sites for hydroxylation is 2. The molecule has 0 aliphatic heterocycles. The van der Waals surface area contributed by atoms with Crippen LogP contribution in [0.5, 0.6) is 0 Å². The van der Waals surface area contributed by atoms with E-state index < -0.39 is 8.07 Å². The Balaban J connectivity index is 1.36. The molecule has 4 heterocycles. The molecule has 4 aromatic carbocycles. The SMILES string of the molecule is Cc1cn2c3ccc([Si](C)(C)c4ccc5c(c4)c4cccc6c(C)cn5c64)cc3c3cccc1c32. The highest BCUT2D eigenvalue weighted by Crippen LogP contribution is 2.36. The normalized spacial score (nSPS) is 13.1. The van der Waals surface area contributed by atoms with Crippen molar-refractivity contribution in [2.75, 3.05) is 0 Å². The lowest BCUT2D eigenvalue weighted by Gasteiger charge is -2.24. The van der Waals surface area contributed by atoms with Gasteiger partial charge in [-0.2, -0.15) is 0 Å². The average molecular weight is 467 g/mol. The number of rotatable bonds is 2. The van der Waals surface area contributed by atoms with Gasteiger partial charge in [-0.05, 0) is 37.1 Å². The Morgan fingerprint density at radius 2 is 0.943 bits per heavy atom. The van der Waals surface area contributed by atoms with Gasteiger partial charge in [0, 0.05) is 44.7 Å². The number of nitrogens with zero attached hydrogens (tertiary/aromatic N) is 2. The third-order valence-electron chi connectivity index (χ3n) is 8.58. The van der Waals surface area contributed by atoms with Crippen molar-refractivity contribution in [2.24, 2.45) is 0 Å². The molecule has 0 N–H and O–H groups in total. The number of fused-ring (bicyclic) bond motifs is 6. The van der Waals surface area contributed by atoms with Crippen molar-refractivity contribution in [1.29, 1.82) is 0 Å². The van der Waals surface area contributed by atoms with Gasteiger partial charge < -0.3 is 8.80 Å². The minimum absolute atomic E-state index is 1.31. The Morgan fingerprint density at radius 1 is 0.514 bits per heavy atom. The number of benzene rings is 4. The molecule has 0 radical (unpaired) electrons. The van der Waals surface area contributed by atoms with Crippen molar-refractivity contribution in [3.05, 3.63) is 96.3 Å². The maximum atomic E-state index is 2.50. The van der Waals surface area contributed by atoms with Crippen LogP contribution in [0.1, 0.15) is 11.1 Å². The molecule has 0 saturated heterocycles. The molecule has 0 aliphatic carbocycles. The van der Waals surface area contributed by atoms with Crippen LogP contribution in [0.4, 0.5) is 0 Å².